The molecule has 24 heavy (non-hydrogen) atoms. The fraction of sp³-hybridized carbons (Fsp3) is 0.556. The summed E-state index contributed by atoms with van der Waals surface area (Å²) in [5.74, 6) is 0.389. The largest absolute Gasteiger partial charge is 0.469 e. The number of nitrogens with zero attached hydrogens (tertiary/aromatic N) is 1. The first-order valence-corrected chi connectivity index (χ1v) is 8.40. The number of aliphatic imine (C=N–C) groups is 1. The van der Waals surface area contributed by atoms with Gasteiger partial charge in [0, 0.05) is 19.5 Å². The lowest BCUT2D eigenvalue weighted by molar-refractivity contribution is -0.140. The van der Waals surface area contributed by atoms with Crippen LogP contribution in [0.2, 0.25) is 0 Å². The Labute approximate surface area is 143 Å². The summed E-state index contributed by atoms with van der Waals surface area (Å²) in [4.78, 5) is 15.5. The molecule has 0 radical (unpaired) electrons. The number of halogens is 1. The SMILES string of the molecule is CCNC(=NCc1ccc(F)c(C)c1)NCCCCCC(=O)OC. The van der Waals surface area contributed by atoms with Gasteiger partial charge in [-0.1, -0.05) is 18.6 Å². The van der Waals surface area contributed by atoms with E-state index < -0.39 is 0 Å². The number of nitrogens with one attached hydrogen (secondary N) is 2. The van der Waals surface area contributed by atoms with Gasteiger partial charge in [-0.05, 0) is 43.9 Å². The van der Waals surface area contributed by atoms with Gasteiger partial charge in [0.1, 0.15) is 5.82 Å². The first kappa shape index (κ1) is 19.9. The van der Waals surface area contributed by atoms with Crippen molar-refractivity contribution in [1.29, 1.82) is 0 Å². The van der Waals surface area contributed by atoms with E-state index in [1.54, 1.807) is 13.0 Å². The molecule has 0 unspecified atom stereocenters. The smallest absolute Gasteiger partial charge is 0.305 e. The zero-order valence-electron chi connectivity index (χ0n) is 14.8. The maximum absolute atomic E-state index is 13.3. The van der Waals surface area contributed by atoms with E-state index >= 15 is 0 Å². The summed E-state index contributed by atoms with van der Waals surface area (Å²) in [5, 5.41) is 6.46. The number of rotatable bonds is 9. The van der Waals surface area contributed by atoms with Crippen LogP contribution in [0.25, 0.3) is 0 Å². The molecular weight excluding hydrogens is 309 g/mol. The minimum Gasteiger partial charge on any atom is -0.469 e. The van der Waals surface area contributed by atoms with E-state index in [4.69, 9.17) is 0 Å². The van der Waals surface area contributed by atoms with E-state index in [9.17, 15) is 9.18 Å². The summed E-state index contributed by atoms with van der Waals surface area (Å²) in [7, 11) is 1.41. The van der Waals surface area contributed by atoms with Gasteiger partial charge in [0.25, 0.3) is 0 Å². The van der Waals surface area contributed by atoms with Gasteiger partial charge in [0.2, 0.25) is 0 Å². The second-order valence-corrected chi connectivity index (χ2v) is 5.59. The van der Waals surface area contributed by atoms with Crippen molar-refractivity contribution in [1.82, 2.24) is 10.6 Å². The van der Waals surface area contributed by atoms with Gasteiger partial charge in [0.15, 0.2) is 5.96 Å². The number of carbonyl (C=O) groups is 1. The number of methoxy groups -OCH3 is 1. The van der Waals surface area contributed by atoms with E-state index in [0.29, 0.717) is 18.5 Å². The highest BCUT2D eigenvalue weighted by atomic mass is 19.1. The van der Waals surface area contributed by atoms with Crippen molar-refractivity contribution >= 4 is 11.9 Å². The quantitative estimate of drug-likeness (QED) is 0.315. The summed E-state index contributed by atoms with van der Waals surface area (Å²) in [6.07, 6.45) is 3.21. The maximum atomic E-state index is 13.3. The average Bonchev–Trinajstić information content (AvgIpc) is 2.58. The zero-order valence-corrected chi connectivity index (χ0v) is 14.8. The van der Waals surface area contributed by atoms with Crippen LogP contribution in [-0.2, 0) is 16.1 Å². The molecule has 0 bridgehead atoms. The van der Waals surface area contributed by atoms with Crippen LogP contribution >= 0.6 is 0 Å². The summed E-state index contributed by atoms with van der Waals surface area (Å²) >= 11 is 0. The van der Waals surface area contributed by atoms with Crippen LogP contribution in [-0.4, -0.2) is 32.1 Å². The highest BCUT2D eigenvalue weighted by Gasteiger charge is 2.02. The van der Waals surface area contributed by atoms with Gasteiger partial charge in [-0.25, -0.2) is 9.38 Å². The predicted octanol–water partition coefficient (Wildman–Crippen LogP) is 2.92. The Bertz CT molecular complexity index is 547. The Hall–Kier alpha value is -2.11. The van der Waals surface area contributed by atoms with Gasteiger partial charge in [-0.2, -0.15) is 0 Å². The van der Waals surface area contributed by atoms with Gasteiger partial charge in [-0.15, -0.1) is 0 Å². The molecule has 6 heteroatoms. The molecule has 0 spiro atoms. The van der Waals surface area contributed by atoms with Gasteiger partial charge < -0.3 is 15.4 Å². The number of benzene rings is 1. The molecule has 0 saturated heterocycles. The first-order valence-electron chi connectivity index (χ1n) is 8.40. The van der Waals surface area contributed by atoms with Gasteiger partial charge in [-0.3, -0.25) is 4.79 Å². The summed E-state index contributed by atoms with van der Waals surface area (Å²) in [5.41, 5.74) is 1.61. The summed E-state index contributed by atoms with van der Waals surface area (Å²) < 4.78 is 17.9. The first-order chi connectivity index (χ1) is 11.6. The molecule has 1 aromatic carbocycles. The molecule has 0 amide bonds. The highest BCUT2D eigenvalue weighted by Crippen LogP contribution is 2.10. The number of unbranched alkanes of at least 4 members (excludes halogenated alkanes) is 2. The molecule has 1 rings (SSSR count). The van der Waals surface area contributed by atoms with Gasteiger partial charge in [0.05, 0.1) is 13.7 Å². The molecule has 0 aliphatic heterocycles. The number of aryl methyl sites for hydroxylation is 1. The summed E-state index contributed by atoms with van der Waals surface area (Å²) in [6.45, 7) is 5.82. The lowest BCUT2D eigenvalue weighted by atomic mass is 10.1. The minimum absolute atomic E-state index is 0.160. The average molecular weight is 337 g/mol. The van der Waals surface area contributed by atoms with E-state index in [2.05, 4.69) is 20.4 Å². The maximum Gasteiger partial charge on any atom is 0.305 e. The van der Waals surface area contributed by atoms with Crippen molar-refractivity contribution in [2.75, 3.05) is 20.2 Å². The lowest BCUT2D eigenvalue weighted by Crippen LogP contribution is -2.37. The van der Waals surface area contributed by atoms with Crippen LogP contribution in [0.1, 0.15) is 43.7 Å². The molecule has 0 aromatic heterocycles. The molecular formula is C18H28FN3O2. The molecule has 0 aliphatic carbocycles. The normalized spacial score (nSPS) is 11.2. The highest BCUT2D eigenvalue weighted by molar-refractivity contribution is 5.79. The molecule has 134 valence electrons. The molecule has 0 saturated carbocycles. The topological polar surface area (TPSA) is 62.7 Å². The van der Waals surface area contributed by atoms with E-state index in [0.717, 1.165) is 43.9 Å². The second kappa shape index (κ2) is 11.4. The lowest BCUT2D eigenvalue weighted by Gasteiger charge is -2.11. The van der Waals surface area contributed by atoms with E-state index in [-0.39, 0.29) is 11.8 Å². The van der Waals surface area contributed by atoms with Crippen molar-refractivity contribution in [3.8, 4) is 0 Å². The number of carbonyl (C=O) groups excluding carboxylic acids is 1. The van der Waals surface area contributed by atoms with Crippen LogP contribution in [0.15, 0.2) is 23.2 Å². The number of ether oxygens (including phenoxy) is 1. The molecule has 0 heterocycles. The standard InChI is InChI=1S/C18H28FN3O2/c1-4-20-18(21-11-7-5-6-8-17(23)24-3)22-13-15-9-10-16(19)14(2)12-15/h9-10,12H,4-8,11,13H2,1-3H3,(H2,20,21,22). The Morgan fingerprint density at radius 1 is 1.25 bits per heavy atom. The van der Waals surface area contributed by atoms with Crippen molar-refractivity contribution in [3.05, 3.63) is 35.1 Å². The van der Waals surface area contributed by atoms with Crippen molar-refractivity contribution in [3.63, 3.8) is 0 Å². The molecule has 1 aromatic rings. The summed E-state index contributed by atoms with van der Waals surface area (Å²) in [6, 6.07) is 5.04. The van der Waals surface area contributed by atoms with Crippen molar-refractivity contribution < 1.29 is 13.9 Å². The van der Waals surface area contributed by atoms with Crippen molar-refractivity contribution in [2.24, 2.45) is 4.99 Å². The second-order valence-electron chi connectivity index (χ2n) is 5.59. The van der Waals surface area contributed by atoms with Crippen LogP contribution in [0, 0.1) is 12.7 Å². The number of hydrogen-bond acceptors (Lipinski definition) is 3. The third-order valence-electron chi connectivity index (χ3n) is 3.56. The van der Waals surface area contributed by atoms with Gasteiger partial charge >= 0.3 is 5.97 Å². The molecule has 2 N–H and O–H groups in total. The number of guanidine groups is 1. The van der Waals surface area contributed by atoms with E-state index in [1.165, 1.54) is 13.2 Å². The molecule has 0 fully saturated rings. The fourth-order valence-corrected chi connectivity index (χ4v) is 2.20. The Morgan fingerprint density at radius 3 is 2.71 bits per heavy atom. The number of esters is 1. The Morgan fingerprint density at radius 2 is 2.04 bits per heavy atom. The van der Waals surface area contributed by atoms with Crippen LogP contribution < -0.4 is 10.6 Å². The predicted molar refractivity (Wildman–Crippen MR) is 94.4 cm³/mol. The van der Waals surface area contributed by atoms with Crippen LogP contribution in [0.4, 0.5) is 4.39 Å². The Balaban J connectivity index is 2.37. The van der Waals surface area contributed by atoms with Crippen molar-refractivity contribution in [2.45, 2.75) is 46.1 Å². The zero-order chi connectivity index (χ0) is 17.8. The van der Waals surface area contributed by atoms with Crippen LogP contribution in [0.5, 0.6) is 0 Å². The number of hydrogen-bond donors (Lipinski definition) is 2. The molecule has 0 atom stereocenters. The third-order valence-corrected chi connectivity index (χ3v) is 3.56. The Kier molecular flexibility index (Phi) is 9.49. The van der Waals surface area contributed by atoms with Crippen LogP contribution in [0.3, 0.4) is 0 Å². The fourth-order valence-electron chi connectivity index (χ4n) is 2.20. The minimum atomic E-state index is -0.195. The van der Waals surface area contributed by atoms with E-state index in [1.807, 2.05) is 13.0 Å². The monoisotopic (exact) mass is 337 g/mol. The third kappa shape index (κ3) is 7.94. The molecule has 0 aliphatic rings. The molecule has 5 nitrogen and oxygen atoms in total.